The number of pyridine rings is 2. The predicted molar refractivity (Wildman–Crippen MR) is 118 cm³/mol. The van der Waals surface area contributed by atoms with Gasteiger partial charge in [0, 0.05) is 24.3 Å². The van der Waals surface area contributed by atoms with Crippen LogP contribution in [0, 0.1) is 5.95 Å². The lowest BCUT2D eigenvalue weighted by Crippen LogP contribution is -2.17. The second kappa shape index (κ2) is 10.1. The van der Waals surface area contributed by atoms with Crippen LogP contribution in [0.2, 0.25) is 0 Å². The maximum Gasteiger partial charge on any atom is 0.387 e. The van der Waals surface area contributed by atoms with Crippen molar-refractivity contribution < 1.29 is 22.7 Å². The number of carbonyl (C=O) groups excluding carboxylic acids is 1. The number of thiazole rings is 1. The highest BCUT2D eigenvalue weighted by molar-refractivity contribution is 7.14. The van der Waals surface area contributed by atoms with E-state index in [1.807, 2.05) is 0 Å². The smallest absolute Gasteiger partial charge is 0.387 e. The SMILES string of the molecule is O=C(Nc1nc(/C=C/c2ccc(OC(F)F)cn2)cs1)c1cccn1Cc1ccnc(F)c1. The summed E-state index contributed by atoms with van der Waals surface area (Å²) in [4.78, 5) is 24.6. The number of carbonyl (C=O) groups is 1. The van der Waals surface area contributed by atoms with E-state index in [0.29, 0.717) is 34.3 Å². The zero-order valence-corrected chi connectivity index (χ0v) is 17.7. The molecule has 0 aliphatic heterocycles. The van der Waals surface area contributed by atoms with Crippen LogP contribution in [0.3, 0.4) is 0 Å². The number of alkyl halides is 2. The number of anilines is 1. The van der Waals surface area contributed by atoms with Gasteiger partial charge in [0.1, 0.15) is 11.4 Å². The molecule has 4 rings (SSSR count). The molecular weight excluding hydrogens is 455 g/mol. The van der Waals surface area contributed by atoms with Crippen LogP contribution in [0.1, 0.15) is 27.4 Å². The van der Waals surface area contributed by atoms with Crippen molar-refractivity contribution in [2.75, 3.05) is 5.32 Å². The Hall–Kier alpha value is -3.99. The molecule has 0 aliphatic rings. The molecule has 0 spiro atoms. The number of aromatic nitrogens is 4. The summed E-state index contributed by atoms with van der Waals surface area (Å²) in [7, 11) is 0. The molecule has 0 saturated carbocycles. The highest BCUT2D eigenvalue weighted by Crippen LogP contribution is 2.19. The number of hydrogen-bond donors (Lipinski definition) is 1. The molecule has 0 radical (unpaired) electrons. The summed E-state index contributed by atoms with van der Waals surface area (Å²) in [5, 5.41) is 4.90. The molecule has 4 aromatic heterocycles. The van der Waals surface area contributed by atoms with Crippen LogP contribution in [0.15, 0.2) is 60.4 Å². The van der Waals surface area contributed by atoms with Gasteiger partial charge in [-0.3, -0.25) is 15.1 Å². The van der Waals surface area contributed by atoms with E-state index in [2.05, 4.69) is 25.0 Å². The average molecular weight is 471 g/mol. The van der Waals surface area contributed by atoms with Gasteiger partial charge in [0.05, 0.1) is 17.6 Å². The van der Waals surface area contributed by atoms with Crippen molar-refractivity contribution in [1.29, 1.82) is 0 Å². The topological polar surface area (TPSA) is 81.9 Å². The van der Waals surface area contributed by atoms with E-state index in [1.54, 1.807) is 46.5 Å². The van der Waals surface area contributed by atoms with Gasteiger partial charge in [0.15, 0.2) is 5.13 Å². The lowest BCUT2D eigenvalue weighted by molar-refractivity contribution is -0.0500. The van der Waals surface area contributed by atoms with Gasteiger partial charge in [0.2, 0.25) is 5.95 Å². The van der Waals surface area contributed by atoms with Crippen LogP contribution >= 0.6 is 11.3 Å². The van der Waals surface area contributed by atoms with Crippen LogP contribution in [-0.4, -0.2) is 32.0 Å². The molecule has 33 heavy (non-hydrogen) atoms. The van der Waals surface area contributed by atoms with Crippen molar-refractivity contribution in [2.45, 2.75) is 13.2 Å². The first-order chi connectivity index (χ1) is 16.0. The van der Waals surface area contributed by atoms with E-state index in [4.69, 9.17) is 0 Å². The monoisotopic (exact) mass is 471 g/mol. The third-order valence-electron chi connectivity index (χ3n) is 4.36. The molecule has 7 nitrogen and oxygen atoms in total. The van der Waals surface area contributed by atoms with Crippen molar-refractivity contribution in [3.8, 4) is 5.75 Å². The molecule has 0 unspecified atom stereocenters. The summed E-state index contributed by atoms with van der Waals surface area (Å²) in [6.07, 6.45) is 7.65. The number of nitrogens with zero attached hydrogens (tertiary/aromatic N) is 4. The molecule has 4 heterocycles. The molecule has 1 N–H and O–H groups in total. The molecular formula is C22H16F3N5O2S. The highest BCUT2D eigenvalue weighted by Gasteiger charge is 2.13. The van der Waals surface area contributed by atoms with Gasteiger partial charge in [-0.25, -0.2) is 9.97 Å². The van der Waals surface area contributed by atoms with E-state index in [-0.39, 0.29) is 11.7 Å². The fraction of sp³-hybridized carbons (Fsp3) is 0.0909. The first-order valence-electron chi connectivity index (χ1n) is 9.58. The number of rotatable bonds is 8. The predicted octanol–water partition coefficient (Wildman–Crippen LogP) is 4.95. The fourth-order valence-corrected chi connectivity index (χ4v) is 3.58. The molecule has 1 amide bonds. The second-order valence-electron chi connectivity index (χ2n) is 6.67. The first kappa shape index (κ1) is 22.2. The van der Waals surface area contributed by atoms with Gasteiger partial charge in [-0.15, -0.1) is 11.3 Å². The summed E-state index contributed by atoms with van der Waals surface area (Å²) >= 11 is 1.25. The highest BCUT2D eigenvalue weighted by atomic mass is 32.1. The molecule has 0 bridgehead atoms. The molecule has 11 heteroatoms. The van der Waals surface area contributed by atoms with Gasteiger partial charge < -0.3 is 9.30 Å². The van der Waals surface area contributed by atoms with Crippen LogP contribution in [0.5, 0.6) is 5.75 Å². The Morgan fingerprint density at radius 2 is 2.03 bits per heavy atom. The first-order valence-corrected chi connectivity index (χ1v) is 10.5. The molecule has 4 aromatic rings. The minimum Gasteiger partial charge on any atom is -0.433 e. The fourth-order valence-electron chi connectivity index (χ4n) is 2.91. The summed E-state index contributed by atoms with van der Waals surface area (Å²) in [5.41, 5.74) is 2.19. The third kappa shape index (κ3) is 6.04. The van der Waals surface area contributed by atoms with Gasteiger partial charge in [0.25, 0.3) is 5.91 Å². The minimum atomic E-state index is -2.90. The molecule has 0 saturated heterocycles. The molecule has 0 atom stereocenters. The maximum atomic E-state index is 13.3. The molecule has 0 fully saturated rings. The summed E-state index contributed by atoms with van der Waals surface area (Å²) in [5.74, 6) is -0.961. The van der Waals surface area contributed by atoms with Crippen LogP contribution in [-0.2, 0) is 6.54 Å². The van der Waals surface area contributed by atoms with Crippen molar-refractivity contribution >= 4 is 34.5 Å². The molecule has 0 aromatic carbocycles. The van der Waals surface area contributed by atoms with Crippen LogP contribution in [0.25, 0.3) is 12.2 Å². The summed E-state index contributed by atoms with van der Waals surface area (Å²) in [6.45, 7) is -2.59. The average Bonchev–Trinajstić information content (AvgIpc) is 3.42. The zero-order valence-electron chi connectivity index (χ0n) is 16.9. The van der Waals surface area contributed by atoms with Gasteiger partial charge >= 0.3 is 6.61 Å². The van der Waals surface area contributed by atoms with Crippen molar-refractivity contribution in [1.82, 2.24) is 19.5 Å². The lowest BCUT2D eigenvalue weighted by Gasteiger charge is -2.09. The minimum absolute atomic E-state index is 0.0281. The van der Waals surface area contributed by atoms with E-state index in [9.17, 15) is 18.0 Å². The number of amides is 1. The normalized spacial score (nSPS) is 11.3. The Kier molecular flexibility index (Phi) is 6.79. The van der Waals surface area contributed by atoms with Gasteiger partial charge in [-0.05, 0) is 54.1 Å². The van der Waals surface area contributed by atoms with Crippen molar-refractivity contribution in [3.05, 3.63) is 89.0 Å². The van der Waals surface area contributed by atoms with Gasteiger partial charge in [-0.2, -0.15) is 13.2 Å². The third-order valence-corrected chi connectivity index (χ3v) is 5.13. The Bertz CT molecular complexity index is 1270. The van der Waals surface area contributed by atoms with E-state index < -0.39 is 12.6 Å². The second-order valence-corrected chi connectivity index (χ2v) is 7.53. The van der Waals surface area contributed by atoms with Crippen molar-refractivity contribution in [3.63, 3.8) is 0 Å². The van der Waals surface area contributed by atoms with Crippen LogP contribution < -0.4 is 10.1 Å². The lowest BCUT2D eigenvalue weighted by atomic mass is 10.2. The zero-order chi connectivity index (χ0) is 23.2. The maximum absolute atomic E-state index is 13.3. The van der Waals surface area contributed by atoms with E-state index in [0.717, 1.165) is 0 Å². The Labute approximate surface area is 190 Å². The number of nitrogens with one attached hydrogen (secondary N) is 1. The largest absolute Gasteiger partial charge is 0.433 e. The van der Waals surface area contributed by atoms with Crippen molar-refractivity contribution in [2.24, 2.45) is 0 Å². The Morgan fingerprint density at radius 3 is 2.79 bits per heavy atom. The standard InChI is InChI=1S/C22H16F3N5O2S/c23-19-10-14(7-8-26-19)12-30-9-1-2-18(30)20(31)29-22-28-16(13-33-22)4-3-15-5-6-17(11-27-15)32-21(24)25/h1-11,13,21H,12H2,(H,28,29,31)/b4-3+. The number of halogens is 3. The number of hydrogen-bond acceptors (Lipinski definition) is 6. The Balaban J connectivity index is 1.38. The quantitative estimate of drug-likeness (QED) is 0.368. The summed E-state index contributed by atoms with van der Waals surface area (Å²) < 4.78 is 43.7. The molecule has 0 aliphatic carbocycles. The Morgan fingerprint density at radius 1 is 1.18 bits per heavy atom. The van der Waals surface area contributed by atoms with E-state index in [1.165, 1.54) is 41.9 Å². The molecule has 168 valence electrons. The number of ether oxygens (including phenoxy) is 1. The summed E-state index contributed by atoms with van der Waals surface area (Å²) in [6, 6.07) is 9.31. The van der Waals surface area contributed by atoms with Crippen LogP contribution in [0.4, 0.5) is 18.3 Å². The van der Waals surface area contributed by atoms with Gasteiger partial charge in [-0.1, -0.05) is 0 Å². The van der Waals surface area contributed by atoms with E-state index >= 15 is 0 Å².